The maximum absolute atomic E-state index is 12.7. The van der Waals surface area contributed by atoms with Crippen LogP contribution in [0.25, 0.3) is 0 Å². The molecule has 0 aromatic rings. The molecule has 0 amide bonds. The molecule has 2 unspecified atom stereocenters. The molecule has 0 aliphatic carbocycles. The molecule has 0 fully saturated rings. The summed E-state index contributed by atoms with van der Waals surface area (Å²) >= 11 is 0. The van der Waals surface area contributed by atoms with Gasteiger partial charge in [0.2, 0.25) is 0 Å². The minimum absolute atomic E-state index is 0.0503. The molecule has 0 bridgehead atoms. The van der Waals surface area contributed by atoms with Gasteiger partial charge in [-0.1, -0.05) is 291 Å². The van der Waals surface area contributed by atoms with Crippen LogP contribution in [0, 0.1) is 0 Å². The topological polar surface area (TPSA) is 134 Å². The van der Waals surface area contributed by atoms with E-state index in [1.165, 1.54) is 154 Å². The number of unbranched alkanes of at least 4 members (excludes halogenated alkanes) is 30. The molecule has 0 spiro atoms. The molecule has 0 heterocycles. The van der Waals surface area contributed by atoms with E-state index in [0.29, 0.717) is 6.42 Å². The van der Waals surface area contributed by atoms with E-state index in [-0.39, 0.29) is 38.6 Å². The Kier molecular flexibility index (Phi) is 59.7. The van der Waals surface area contributed by atoms with Gasteiger partial charge in [-0.3, -0.25) is 18.6 Å². The van der Waals surface area contributed by atoms with Crippen molar-refractivity contribution in [2.24, 2.45) is 5.73 Å². The number of rotatable bonds is 59. The van der Waals surface area contributed by atoms with Gasteiger partial charge in [0.1, 0.15) is 6.61 Å². The van der Waals surface area contributed by atoms with Crippen LogP contribution in [0.3, 0.4) is 0 Å². The Morgan fingerprint density at radius 2 is 0.714 bits per heavy atom. The predicted molar refractivity (Wildman–Crippen MR) is 330 cm³/mol. The summed E-state index contributed by atoms with van der Waals surface area (Å²) in [4.78, 5) is 35.3. The zero-order valence-electron chi connectivity index (χ0n) is 49.7. The molecule has 0 radical (unpaired) electrons. The first kappa shape index (κ1) is 73.9. The van der Waals surface area contributed by atoms with Gasteiger partial charge in [-0.25, -0.2) is 4.57 Å². The van der Waals surface area contributed by atoms with E-state index >= 15 is 0 Å². The number of ether oxygens (including phenoxy) is 2. The van der Waals surface area contributed by atoms with Gasteiger partial charge in [-0.05, 0) is 77.0 Å². The second kappa shape index (κ2) is 62.1. The lowest BCUT2D eigenvalue weighted by atomic mass is 10.0. The monoisotopic (exact) mass is 1100 g/mol. The molecule has 0 aromatic carbocycles. The molecule has 0 rings (SSSR count). The molecule has 0 aliphatic heterocycles. The van der Waals surface area contributed by atoms with Gasteiger partial charge in [0, 0.05) is 19.4 Å². The summed E-state index contributed by atoms with van der Waals surface area (Å²) in [5, 5.41) is 0. The molecule has 0 aliphatic rings. The van der Waals surface area contributed by atoms with Crippen molar-refractivity contribution in [3.63, 3.8) is 0 Å². The predicted octanol–water partition coefficient (Wildman–Crippen LogP) is 20.4. The average molecular weight is 1100 g/mol. The number of carbonyl (C=O) groups excluding carboxylic acids is 2. The summed E-state index contributed by atoms with van der Waals surface area (Å²) < 4.78 is 33.1. The molecule has 2 atom stereocenters. The summed E-state index contributed by atoms with van der Waals surface area (Å²) in [6.45, 7) is 3.66. The lowest BCUT2D eigenvalue weighted by Crippen LogP contribution is -2.29. The van der Waals surface area contributed by atoms with Crippen molar-refractivity contribution in [3.8, 4) is 0 Å². The molecule has 3 N–H and O–H groups in total. The summed E-state index contributed by atoms with van der Waals surface area (Å²) in [5.74, 6) is -0.825. The highest BCUT2D eigenvalue weighted by molar-refractivity contribution is 7.47. The quantitative estimate of drug-likeness (QED) is 0.0264. The minimum Gasteiger partial charge on any atom is -0.462 e. The van der Waals surface area contributed by atoms with Crippen LogP contribution in [0.1, 0.15) is 284 Å². The smallest absolute Gasteiger partial charge is 0.462 e. The van der Waals surface area contributed by atoms with Crippen LogP contribution in [0.2, 0.25) is 0 Å². The second-order valence-corrected chi connectivity index (χ2v) is 22.4. The van der Waals surface area contributed by atoms with Crippen LogP contribution in [0.5, 0.6) is 0 Å². The van der Waals surface area contributed by atoms with E-state index in [4.69, 9.17) is 24.3 Å². The highest BCUT2D eigenvalue weighted by atomic mass is 31.2. The average Bonchev–Trinajstić information content (AvgIpc) is 3.42. The van der Waals surface area contributed by atoms with Gasteiger partial charge >= 0.3 is 19.8 Å². The van der Waals surface area contributed by atoms with E-state index in [1.807, 2.05) is 0 Å². The SMILES string of the molecule is CC/C=C\C/C=C\C/C=C\C/C=C\C/C=C\C/C=C\C/C=C\C/C=C\CCCCCCCCCCCCC(=O)OC(COC(=O)CCCCCCCCCCCCCCCCCCCCCCC)COP(=O)(O)OCCN. The molecule has 0 saturated carbocycles. The summed E-state index contributed by atoms with van der Waals surface area (Å²) in [6, 6.07) is 0. The number of hydrogen-bond acceptors (Lipinski definition) is 8. The van der Waals surface area contributed by atoms with Crippen molar-refractivity contribution < 1.29 is 37.6 Å². The number of phosphoric acid groups is 1. The molecule has 10 heteroatoms. The zero-order valence-corrected chi connectivity index (χ0v) is 50.6. The van der Waals surface area contributed by atoms with Crippen molar-refractivity contribution >= 4 is 19.8 Å². The van der Waals surface area contributed by atoms with Crippen molar-refractivity contribution in [2.75, 3.05) is 26.4 Å². The highest BCUT2D eigenvalue weighted by Crippen LogP contribution is 2.43. The zero-order chi connectivity index (χ0) is 55.9. The van der Waals surface area contributed by atoms with Gasteiger partial charge in [0.25, 0.3) is 0 Å². The third-order valence-corrected chi connectivity index (χ3v) is 14.5. The molecule has 9 nitrogen and oxygen atoms in total. The molecule has 0 saturated heterocycles. The van der Waals surface area contributed by atoms with Gasteiger partial charge in [0.15, 0.2) is 6.10 Å². The van der Waals surface area contributed by atoms with Crippen LogP contribution in [-0.2, 0) is 32.7 Å². The Hall–Kier alpha value is -3.07. The first-order valence-corrected chi connectivity index (χ1v) is 33.2. The first-order valence-electron chi connectivity index (χ1n) is 31.7. The number of hydrogen-bond donors (Lipinski definition) is 2. The fourth-order valence-corrected chi connectivity index (χ4v) is 9.60. The standard InChI is InChI=1S/C67H118NO8P/c1-3-5-7-9-11-13-15-17-19-21-23-25-26-27-28-29-30-31-32-33-34-35-36-37-38-40-42-44-46-48-50-52-54-56-58-60-67(70)76-65(64-75-77(71,72)74-62-61-68)63-73-66(69)59-57-55-53-51-49-47-45-43-41-39-24-22-20-18-16-14-12-10-8-6-4-2/h5,7,11,13,17,19,23,25,27-28,30-31,33-34,36-37,65H,3-4,6,8-10,12,14-16,18,20-22,24,26,29,32,35,38-64,68H2,1-2H3,(H,71,72)/b7-5-,13-11-,19-17-,25-23-,28-27-,31-30-,34-33-,37-36-. The normalized spacial score (nSPS) is 13.7. The van der Waals surface area contributed by atoms with Crippen molar-refractivity contribution in [3.05, 3.63) is 97.2 Å². The fourth-order valence-electron chi connectivity index (χ4n) is 8.83. The van der Waals surface area contributed by atoms with Gasteiger partial charge in [-0.2, -0.15) is 0 Å². The van der Waals surface area contributed by atoms with Gasteiger partial charge in [-0.15, -0.1) is 0 Å². The number of allylic oxidation sites excluding steroid dienone is 16. The van der Waals surface area contributed by atoms with E-state index in [9.17, 15) is 19.0 Å². The molecule has 444 valence electrons. The maximum Gasteiger partial charge on any atom is 0.472 e. The summed E-state index contributed by atoms with van der Waals surface area (Å²) in [7, 11) is -4.39. The molecule has 77 heavy (non-hydrogen) atoms. The highest BCUT2D eigenvalue weighted by Gasteiger charge is 2.26. The summed E-state index contributed by atoms with van der Waals surface area (Å²) in [6.07, 6.45) is 83.3. The second-order valence-electron chi connectivity index (χ2n) is 20.9. The van der Waals surface area contributed by atoms with Crippen molar-refractivity contribution in [2.45, 2.75) is 290 Å². The van der Waals surface area contributed by atoms with E-state index in [2.05, 4.69) is 111 Å². The third-order valence-electron chi connectivity index (χ3n) is 13.5. The number of nitrogens with two attached hydrogens (primary N) is 1. The van der Waals surface area contributed by atoms with Crippen LogP contribution < -0.4 is 5.73 Å². The minimum atomic E-state index is -4.39. The van der Waals surface area contributed by atoms with Crippen LogP contribution >= 0.6 is 7.82 Å². The first-order chi connectivity index (χ1) is 37.8. The van der Waals surface area contributed by atoms with Crippen molar-refractivity contribution in [1.82, 2.24) is 0 Å². The lowest BCUT2D eigenvalue weighted by molar-refractivity contribution is -0.161. The molecular weight excluding hydrogens is 978 g/mol. The number of esters is 2. The van der Waals surface area contributed by atoms with E-state index in [0.717, 1.165) is 96.3 Å². The Morgan fingerprint density at radius 1 is 0.403 bits per heavy atom. The summed E-state index contributed by atoms with van der Waals surface area (Å²) in [5.41, 5.74) is 5.39. The van der Waals surface area contributed by atoms with Gasteiger partial charge < -0.3 is 20.1 Å². The lowest BCUT2D eigenvalue weighted by Gasteiger charge is -2.19. The Morgan fingerprint density at radius 3 is 1.06 bits per heavy atom. The van der Waals surface area contributed by atoms with E-state index < -0.39 is 26.5 Å². The number of carbonyl (C=O) groups is 2. The maximum atomic E-state index is 12.7. The van der Waals surface area contributed by atoms with Crippen molar-refractivity contribution in [1.29, 1.82) is 0 Å². The molecular formula is C67H118NO8P. The fraction of sp³-hybridized carbons (Fsp3) is 0.731. The van der Waals surface area contributed by atoms with Crippen LogP contribution in [0.4, 0.5) is 0 Å². The Bertz CT molecular complexity index is 1580. The number of phosphoric ester groups is 1. The third kappa shape index (κ3) is 62.0. The van der Waals surface area contributed by atoms with Crippen LogP contribution in [-0.4, -0.2) is 49.3 Å². The Labute approximate surface area is 474 Å². The molecule has 0 aromatic heterocycles. The van der Waals surface area contributed by atoms with Gasteiger partial charge in [0.05, 0.1) is 13.2 Å². The van der Waals surface area contributed by atoms with E-state index in [1.54, 1.807) is 0 Å². The Balaban J connectivity index is 3.95. The van der Waals surface area contributed by atoms with Crippen LogP contribution in [0.15, 0.2) is 97.2 Å². The largest absolute Gasteiger partial charge is 0.472 e.